The number of hydrogen-bond acceptors (Lipinski definition) is 2. The quantitative estimate of drug-likeness (QED) is 0.718. The zero-order valence-corrected chi connectivity index (χ0v) is 15.6. The molecule has 0 aromatic heterocycles. The first-order valence-electron chi connectivity index (χ1n) is 7.95. The number of benzene rings is 2. The maximum atomic E-state index is 6.12. The molecule has 0 saturated carbocycles. The minimum Gasteiger partial charge on any atom is -0.487 e. The molecule has 2 aromatic carbocycles. The molecule has 0 unspecified atom stereocenters. The molecule has 1 heterocycles. The van der Waals surface area contributed by atoms with Crippen LogP contribution in [0.15, 0.2) is 42.5 Å². The normalized spacial score (nSPS) is 18.2. The predicted octanol–water partition coefficient (Wildman–Crippen LogP) is 5.24. The SMILES string of the molecule is Cc1ccc2c(c1)OC(C)(C)C[C@H]2NC(=S)Nc1cccc(Cl)c1. The van der Waals surface area contributed by atoms with Crippen LogP contribution in [0.5, 0.6) is 5.75 Å². The Labute approximate surface area is 153 Å². The number of fused-ring (bicyclic) bond motifs is 1. The molecular weight excluding hydrogens is 340 g/mol. The second-order valence-corrected chi connectivity index (χ2v) is 7.61. The van der Waals surface area contributed by atoms with E-state index in [-0.39, 0.29) is 11.6 Å². The van der Waals surface area contributed by atoms with E-state index in [1.165, 1.54) is 5.56 Å². The third-order valence-electron chi connectivity index (χ3n) is 4.01. The van der Waals surface area contributed by atoms with E-state index >= 15 is 0 Å². The van der Waals surface area contributed by atoms with Crippen LogP contribution in [-0.4, -0.2) is 10.7 Å². The fourth-order valence-electron chi connectivity index (χ4n) is 2.98. The van der Waals surface area contributed by atoms with Gasteiger partial charge in [0.05, 0.1) is 6.04 Å². The number of anilines is 1. The van der Waals surface area contributed by atoms with Crippen LogP contribution in [0.1, 0.15) is 37.4 Å². The molecule has 0 saturated heterocycles. The van der Waals surface area contributed by atoms with E-state index in [1.54, 1.807) is 0 Å². The van der Waals surface area contributed by atoms with E-state index in [4.69, 9.17) is 28.6 Å². The van der Waals surface area contributed by atoms with Gasteiger partial charge in [-0.2, -0.15) is 0 Å². The monoisotopic (exact) mass is 360 g/mol. The second-order valence-electron chi connectivity index (χ2n) is 6.77. The van der Waals surface area contributed by atoms with Crippen molar-refractivity contribution in [3.8, 4) is 5.75 Å². The summed E-state index contributed by atoms with van der Waals surface area (Å²) in [6.45, 7) is 6.26. The van der Waals surface area contributed by atoms with Gasteiger partial charge in [0.25, 0.3) is 0 Å². The highest BCUT2D eigenvalue weighted by atomic mass is 35.5. The Morgan fingerprint density at radius 3 is 2.79 bits per heavy atom. The fourth-order valence-corrected chi connectivity index (χ4v) is 3.43. The molecule has 2 aromatic rings. The molecule has 1 atom stereocenters. The Morgan fingerprint density at radius 1 is 1.25 bits per heavy atom. The Hall–Kier alpha value is -1.78. The Morgan fingerprint density at radius 2 is 2.04 bits per heavy atom. The van der Waals surface area contributed by atoms with Gasteiger partial charge < -0.3 is 15.4 Å². The fraction of sp³-hybridized carbons (Fsp3) is 0.316. The highest BCUT2D eigenvalue weighted by Gasteiger charge is 2.34. The lowest BCUT2D eigenvalue weighted by Crippen LogP contribution is -2.42. The van der Waals surface area contributed by atoms with E-state index in [2.05, 4.69) is 49.6 Å². The molecule has 0 spiro atoms. The van der Waals surface area contributed by atoms with Crippen molar-refractivity contribution in [2.45, 2.75) is 38.8 Å². The molecule has 0 radical (unpaired) electrons. The molecule has 2 N–H and O–H groups in total. The summed E-state index contributed by atoms with van der Waals surface area (Å²) in [6, 6.07) is 13.9. The number of ether oxygens (including phenoxy) is 1. The van der Waals surface area contributed by atoms with Crippen LogP contribution in [-0.2, 0) is 0 Å². The van der Waals surface area contributed by atoms with Gasteiger partial charge in [-0.1, -0.05) is 29.8 Å². The van der Waals surface area contributed by atoms with Crippen molar-refractivity contribution in [3.63, 3.8) is 0 Å². The molecule has 3 rings (SSSR count). The van der Waals surface area contributed by atoms with Crippen LogP contribution in [0, 0.1) is 6.92 Å². The molecule has 0 bridgehead atoms. The van der Waals surface area contributed by atoms with Crippen LogP contribution in [0.2, 0.25) is 5.02 Å². The first-order valence-corrected chi connectivity index (χ1v) is 8.74. The summed E-state index contributed by atoms with van der Waals surface area (Å²) < 4.78 is 6.12. The van der Waals surface area contributed by atoms with Gasteiger partial charge in [-0.05, 0) is 62.8 Å². The zero-order valence-electron chi connectivity index (χ0n) is 14.0. The molecule has 24 heavy (non-hydrogen) atoms. The molecule has 0 aliphatic carbocycles. The van der Waals surface area contributed by atoms with Crippen molar-refractivity contribution in [1.82, 2.24) is 5.32 Å². The second kappa shape index (κ2) is 6.61. The average Bonchev–Trinajstić information content (AvgIpc) is 2.45. The highest BCUT2D eigenvalue weighted by Crippen LogP contribution is 2.39. The lowest BCUT2D eigenvalue weighted by Gasteiger charge is -2.38. The Bertz CT molecular complexity index is 776. The van der Waals surface area contributed by atoms with E-state index in [0.717, 1.165) is 23.4 Å². The van der Waals surface area contributed by atoms with Gasteiger partial charge in [0.2, 0.25) is 0 Å². The molecule has 5 heteroatoms. The van der Waals surface area contributed by atoms with Crippen LogP contribution in [0.4, 0.5) is 5.69 Å². The summed E-state index contributed by atoms with van der Waals surface area (Å²) in [6.07, 6.45) is 0.834. The van der Waals surface area contributed by atoms with Crippen molar-refractivity contribution >= 4 is 34.6 Å². The molecule has 1 aliphatic heterocycles. The van der Waals surface area contributed by atoms with Gasteiger partial charge in [-0.25, -0.2) is 0 Å². The minimum atomic E-state index is -0.246. The number of nitrogens with one attached hydrogen (secondary N) is 2. The predicted molar refractivity (Wildman–Crippen MR) is 104 cm³/mol. The van der Waals surface area contributed by atoms with Crippen LogP contribution >= 0.6 is 23.8 Å². The summed E-state index contributed by atoms with van der Waals surface area (Å²) in [5.74, 6) is 0.925. The number of halogens is 1. The van der Waals surface area contributed by atoms with Gasteiger partial charge >= 0.3 is 0 Å². The average molecular weight is 361 g/mol. The molecule has 0 fully saturated rings. The first kappa shape index (κ1) is 17.1. The largest absolute Gasteiger partial charge is 0.487 e. The summed E-state index contributed by atoms with van der Waals surface area (Å²) in [5, 5.41) is 7.86. The van der Waals surface area contributed by atoms with Gasteiger partial charge in [0.15, 0.2) is 5.11 Å². The van der Waals surface area contributed by atoms with Crippen molar-refractivity contribution in [1.29, 1.82) is 0 Å². The van der Waals surface area contributed by atoms with Gasteiger partial charge in [-0.3, -0.25) is 0 Å². The van der Waals surface area contributed by atoms with Crippen molar-refractivity contribution < 1.29 is 4.74 Å². The summed E-state index contributed by atoms with van der Waals surface area (Å²) in [5.41, 5.74) is 2.94. The third-order valence-corrected chi connectivity index (χ3v) is 4.47. The summed E-state index contributed by atoms with van der Waals surface area (Å²) in [7, 11) is 0. The third kappa shape index (κ3) is 4.00. The smallest absolute Gasteiger partial charge is 0.171 e. The maximum absolute atomic E-state index is 6.12. The van der Waals surface area contributed by atoms with Crippen LogP contribution in [0.25, 0.3) is 0 Å². The lowest BCUT2D eigenvalue weighted by atomic mass is 9.89. The standard InChI is InChI=1S/C19H21ClN2OS/c1-12-7-8-15-16(11-19(2,3)23-17(15)9-12)22-18(24)21-14-6-4-5-13(20)10-14/h4-10,16H,11H2,1-3H3,(H2,21,22,24)/t16-/m1/s1. The van der Waals surface area contributed by atoms with Crippen LogP contribution < -0.4 is 15.4 Å². The van der Waals surface area contributed by atoms with Crippen molar-refractivity contribution in [2.24, 2.45) is 0 Å². The maximum Gasteiger partial charge on any atom is 0.171 e. The number of rotatable bonds is 2. The topological polar surface area (TPSA) is 33.3 Å². The molecular formula is C19H21ClN2OS. The first-order chi connectivity index (χ1) is 11.3. The van der Waals surface area contributed by atoms with Gasteiger partial charge in [0, 0.05) is 22.7 Å². The highest BCUT2D eigenvalue weighted by molar-refractivity contribution is 7.80. The van der Waals surface area contributed by atoms with Crippen LogP contribution in [0.3, 0.4) is 0 Å². The Balaban J connectivity index is 1.78. The molecule has 3 nitrogen and oxygen atoms in total. The molecule has 0 amide bonds. The lowest BCUT2D eigenvalue weighted by molar-refractivity contribution is 0.0696. The van der Waals surface area contributed by atoms with Gasteiger partial charge in [-0.15, -0.1) is 0 Å². The van der Waals surface area contributed by atoms with Crippen molar-refractivity contribution in [2.75, 3.05) is 5.32 Å². The van der Waals surface area contributed by atoms with Gasteiger partial charge in [0.1, 0.15) is 11.4 Å². The van der Waals surface area contributed by atoms with E-state index < -0.39 is 0 Å². The van der Waals surface area contributed by atoms with E-state index in [0.29, 0.717) is 10.1 Å². The number of hydrogen-bond donors (Lipinski definition) is 2. The van der Waals surface area contributed by atoms with Crippen molar-refractivity contribution in [3.05, 3.63) is 58.6 Å². The molecule has 1 aliphatic rings. The summed E-state index contributed by atoms with van der Waals surface area (Å²) >= 11 is 11.5. The summed E-state index contributed by atoms with van der Waals surface area (Å²) in [4.78, 5) is 0. The van der Waals surface area contributed by atoms with E-state index in [9.17, 15) is 0 Å². The molecule has 126 valence electrons. The number of aryl methyl sites for hydroxylation is 1. The van der Waals surface area contributed by atoms with E-state index in [1.807, 2.05) is 24.3 Å². The number of thiocarbonyl (C=S) groups is 1. The Kier molecular flexibility index (Phi) is 4.70. The zero-order chi connectivity index (χ0) is 17.3. The minimum absolute atomic E-state index is 0.100.